The lowest BCUT2D eigenvalue weighted by Gasteiger charge is -2.28. The maximum Gasteiger partial charge on any atom is 0.128 e. The van der Waals surface area contributed by atoms with Crippen molar-refractivity contribution >= 4 is 27.6 Å². The summed E-state index contributed by atoms with van der Waals surface area (Å²) in [5.74, 6) is 1.03. The van der Waals surface area contributed by atoms with E-state index in [1.807, 2.05) is 44.3 Å². The van der Waals surface area contributed by atoms with Crippen LogP contribution in [-0.2, 0) is 0 Å². The standard InChI is InChI=1S/C28H24N6.C2H6/c1-18-22-7-4-19(21-6-9-26(32-17-21)34-13-11-30-12-14-34)15-25(22)33-27(18)24-8-5-20(16-29)28-23(24)3-2-10-31-28;1-2/h2-10,15,17,30,33H,11-14H2,1H3;1-2H3. The Labute approximate surface area is 211 Å². The molecule has 6 nitrogen and oxygen atoms in total. The van der Waals surface area contributed by atoms with Crippen LogP contribution >= 0.6 is 0 Å². The van der Waals surface area contributed by atoms with Crippen molar-refractivity contribution < 1.29 is 0 Å². The summed E-state index contributed by atoms with van der Waals surface area (Å²) in [4.78, 5) is 15.2. The van der Waals surface area contributed by atoms with E-state index >= 15 is 0 Å². The van der Waals surface area contributed by atoms with E-state index in [1.54, 1.807) is 6.20 Å². The number of piperazine rings is 1. The number of aromatic nitrogens is 3. The van der Waals surface area contributed by atoms with Crippen LogP contribution in [0.2, 0.25) is 0 Å². The highest BCUT2D eigenvalue weighted by molar-refractivity contribution is 6.01. The van der Waals surface area contributed by atoms with Gasteiger partial charge >= 0.3 is 0 Å². The molecule has 0 bridgehead atoms. The molecular weight excluding hydrogens is 444 g/mol. The SMILES string of the molecule is CC.Cc1c(-c2ccc(C#N)c3ncccc23)[nH]c2cc(-c3ccc(N4CCNCC4)nc3)ccc12. The summed E-state index contributed by atoms with van der Waals surface area (Å²) in [7, 11) is 0. The molecule has 1 aliphatic heterocycles. The molecule has 6 rings (SSSR count). The normalized spacial score (nSPS) is 13.3. The van der Waals surface area contributed by atoms with Crippen LogP contribution in [0, 0.1) is 18.3 Å². The molecule has 0 saturated carbocycles. The molecular formula is C30H30N6. The van der Waals surface area contributed by atoms with Crippen LogP contribution in [0.3, 0.4) is 0 Å². The number of aromatic amines is 1. The highest BCUT2D eigenvalue weighted by Crippen LogP contribution is 2.36. The van der Waals surface area contributed by atoms with E-state index in [-0.39, 0.29) is 0 Å². The second kappa shape index (κ2) is 10.2. The predicted molar refractivity (Wildman–Crippen MR) is 148 cm³/mol. The second-order valence-corrected chi connectivity index (χ2v) is 8.70. The van der Waals surface area contributed by atoms with Crippen molar-refractivity contribution in [3.8, 4) is 28.5 Å². The number of H-pyrrole nitrogens is 1. The maximum atomic E-state index is 9.49. The first-order valence-electron chi connectivity index (χ1n) is 12.6. The predicted octanol–water partition coefficient (Wildman–Crippen LogP) is 6.06. The van der Waals surface area contributed by atoms with Crippen molar-refractivity contribution in [2.75, 3.05) is 31.1 Å². The summed E-state index contributed by atoms with van der Waals surface area (Å²) in [6, 6.07) is 20.9. The lowest BCUT2D eigenvalue weighted by molar-refractivity contribution is 0.585. The fraction of sp³-hybridized carbons (Fsp3) is 0.233. The molecule has 2 N–H and O–H groups in total. The molecule has 3 aromatic heterocycles. The first-order valence-corrected chi connectivity index (χ1v) is 12.6. The summed E-state index contributed by atoms with van der Waals surface area (Å²) in [6.45, 7) is 10.1. The van der Waals surface area contributed by atoms with Crippen molar-refractivity contribution in [1.82, 2.24) is 20.3 Å². The number of nitrogens with one attached hydrogen (secondary N) is 2. The highest BCUT2D eigenvalue weighted by atomic mass is 15.2. The fourth-order valence-corrected chi connectivity index (χ4v) is 4.91. The maximum absolute atomic E-state index is 9.49. The number of pyridine rings is 2. The zero-order chi connectivity index (χ0) is 25.1. The Hall–Kier alpha value is -4.21. The van der Waals surface area contributed by atoms with Crippen LogP contribution in [-0.4, -0.2) is 41.1 Å². The molecule has 0 unspecified atom stereocenters. The van der Waals surface area contributed by atoms with Gasteiger partial charge in [-0.1, -0.05) is 38.1 Å². The minimum absolute atomic E-state index is 0.590. The molecule has 5 aromatic rings. The first kappa shape index (κ1) is 23.5. The third-order valence-electron chi connectivity index (χ3n) is 6.74. The minimum Gasteiger partial charge on any atom is -0.354 e. The molecule has 1 fully saturated rings. The number of nitrogens with zero attached hydrogens (tertiary/aromatic N) is 4. The van der Waals surface area contributed by atoms with Crippen molar-refractivity contribution in [2.45, 2.75) is 20.8 Å². The summed E-state index contributed by atoms with van der Waals surface area (Å²) in [6.07, 6.45) is 3.70. The lowest BCUT2D eigenvalue weighted by atomic mass is 9.99. The summed E-state index contributed by atoms with van der Waals surface area (Å²) < 4.78 is 0. The third kappa shape index (κ3) is 4.19. The number of hydrogen-bond donors (Lipinski definition) is 2. The van der Waals surface area contributed by atoms with Crippen LogP contribution in [0.15, 0.2) is 67.0 Å². The van der Waals surface area contributed by atoms with E-state index in [9.17, 15) is 5.26 Å². The Morgan fingerprint density at radius 1 is 0.917 bits per heavy atom. The molecule has 4 heterocycles. The quantitative estimate of drug-likeness (QED) is 0.332. The van der Waals surface area contributed by atoms with Gasteiger partial charge in [-0.05, 0) is 48.4 Å². The van der Waals surface area contributed by atoms with Gasteiger partial charge in [-0.2, -0.15) is 5.26 Å². The van der Waals surface area contributed by atoms with Crippen LogP contribution in [0.1, 0.15) is 25.0 Å². The Bertz CT molecular complexity index is 1550. The molecule has 2 aromatic carbocycles. The summed E-state index contributed by atoms with van der Waals surface area (Å²) in [5.41, 5.74) is 7.93. The number of aryl methyl sites for hydroxylation is 1. The minimum atomic E-state index is 0.590. The largest absolute Gasteiger partial charge is 0.354 e. The van der Waals surface area contributed by atoms with Crippen molar-refractivity contribution in [3.63, 3.8) is 0 Å². The number of hydrogen-bond acceptors (Lipinski definition) is 5. The van der Waals surface area contributed by atoms with Gasteiger partial charge in [-0.15, -0.1) is 0 Å². The number of fused-ring (bicyclic) bond motifs is 2. The van der Waals surface area contributed by atoms with Gasteiger partial charge in [0.2, 0.25) is 0 Å². The van der Waals surface area contributed by atoms with Gasteiger partial charge in [0.15, 0.2) is 0 Å². The van der Waals surface area contributed by atoms with E-state index in [2.05, 4.69) is 63.5 Å². The number of rotatable bonds is 3. The van der Waals surface area contributed by atoms with E-state index in [0.29, 0.717) is 5.56 Å². The van der Waals surface area contributed by atoms with Gasteiger partial charge in [0.05, 0.1) is 16.8 Å². The zero-order valence-corrected chi connectivity index (χ0v) is 21.0. The fourth-order valence-electron chi connectivity index (χ4n) is 4.91. The van der Waals surface area contributed by atoms with Gasteiger partial charge in [0, 0.05) is 66.0 Å². The molecule has 0 aliphatic carbocycles. The number of benzene rings is 2. The van der Waals surface area contributed by atoms with Crippen LogP contribution in [0.5, 0.6) is 0 Å². The average Bonchev–Trinajstić information content (AvgIpc) is 3.29. The second-order valence-electron chi connectivity index (χ2n) is 8.70. The lowest BCUT2D eigenvalue weighted by Crippen LogP contribution is -2.43. The molecule has 6 heteroatoms. The molecule has 1 saturated heterocycles. The topological polar surface area (TPSA) is 80.6 Å². The van der Waals surface area contributed by atoms with Crippen molar-refractivity contribution in [1.29, 1.82) is 5.26 Å². The zero-order valence-electron chi connectivity index (χ0n) is 21.0. The number of nitriles is 1. The molecule has 0 atom stereocenters. The summed E-state index contributed by atoms with van der Waals surface area (Å²) >= 11 is 0. The summed E-state index contributed by atoms with van der Waals surface area (Å²) in [5, 5.41) is 15.0. The Kier molecular flexibility index (Phi) is 6.66. The average molecular weight is 475 g/mol. The van der Waals surface area contributed by atoms with Gasteiger partial charge in [-0.3, -0.25) is 4.98 Å². The molecule has 0 spiro atoms. The van der Waals surface area contributed by atoms with Gasteiger partial charge in [0.1, 0.15) is 11.9 Å². The highest BCUT2D eigenvalue weighted by Gasteiger charge is 2.16. The van der Waals surface area contributed by atoms with E-state index in [1.165, 1.54) is 10.9 Å². The number of anilines is 1. The van der Waals surface area contributed by atoms with Crippen molar-refractivity contribution in [2.24, 2.45) is 0 Å². The Balaban J connectivity index is 0.00000130. The van der Waals surface area contributed by atoms with Crippen LogP contribution in [0.4, 0.5) is 5.82 Å². The first-order chi connectivity index (χ1) is 17.7. The molecule has 36 heavy (non-hydrogen) atoms. The third-order valence-corrected chi connectivity index (χ3v) is 6.74. The van der Waals surface area contributed by atoms with Gasteiger partial charge < -0.3 is 15.2 Å². The molecule has 1 aliphatic rings. The van der Waals surface area contributed by atoms with Crippen LogP contribution in [0.25, 0.3) is 44.2 Å². The van der Waals surface area contributed by atoms with Crippen LogP contribution < -0.4 is 10.2 Å². The molecule has 0 amide bonds. The smallest absolute Gasteiger partial charge is 0.128 e. The van der Waals surface area contributed by atoms with E-state index < -0.39 is 0 Å². The Morgan fingerprint density at radius 2 is 1.72 bits per heavy atom. The molecule has 180 valence electrons. The van der Waals surface area contributed by atoms with Gasteiger partial charge in [0.25, 0.3) is 0 Å². The monoisotopic (exact) mass is 474 g/mol. The Morgan fingerprint density at radius 3 is 2.47 bits per heavy atom. The van der Waals surface area contributed by atoms with Crippen molar-refractivity contribution in [3.05, 3.63) is 78.1 Å². The van der Waals surface area contributed by atoms with Gasteiger partial charge in [-0.25, -0.2) is 4.98 Å². The van der Waals surface area contributed by atoms with E-state index in [0.717, 1.165) is 70.8 Å². The van der Waals surface area contributed by atoms with E-state index in [4.69, 9.17) is 4.98 Å². The molecule has 0 radical (unpaired) electrons.